The molecule has 1 aromatic carbocycles. The van der Waals surface area contributed by atoms with Crippen molar-refractivity contribution in [2.24, 2.45) is 0 Å². The summed E-state index contributed by atoms with van der Waals surface area (Å²) >= 11 is 19.9. The summed E-state index contributed by atoms with van der Waals surface area (Å²) in [6.07, 6.45) is 0. The van der Waals surface area contributed by atoms with E-state index in [9.17, 15) is 0 Å². The second kappa shape index (κ2) is 5.66. The summed E-state index contributed by atoms with van der Waals surface area (Å²) in [5.41, 5.74) is 3.69. The molecule has 0 N–H and O–H groups in total. The lowest BCUT2D eigenvalue weighted by molar-refractivity contribution is 1.15. The van der Waals surface area contributed by atoms with E-state index in [0.29, 0.717) is 22.1 Å². The van der Waals surface area contributed by atoms with Gasteiger partial charge in [-0.2, -0.15) is 0 Å². The van der Waals surface area contributed by atoms with Crippen LogP contribution < -0.4 is 0 Å². The van der Waals surface area contributed by atoms with Gasteiger partial charge in [-0.05, 0) is 17.7 Å². The van der Waals surface area contributed by atoms with Crippen LogP contribution in [0.4, 0.5) is 0 Å². The number of benzene rings is 1. The van der Waals surface area contributed by atoms with Crippen LogP contribution in [0.25, 0.3) is 22.6 Å². The molecule has 0 atom stereocenters. The maximum absolute atomic E-state index is 6.24. The molecule has 0 spiro atoms. The molecule has 2 aromatic heterocycles. The fourth-order valence-electron chi connectivity index (χ4n) is 1.73. The molecular formula is C13H6Cl3N3S. The molecule has 0 amide bonds. The predicted octanol–water partition coefficient (Wildman–Crippen LogP) is 5.23. The third kappa shape index (κ3) is 2.65. The van der Waals surface area contributed by atoms with Crippen LogP contribution >= 0.6 is 46.1 Å². The van der Waals surface area contributed by atoms with Crippen LogP contribution in [0.3, 0.4) is 0 Å². The Labute approximate surface area is 134 Å². The van der Waals surface area contributed by atoms with Crippen molar-refractivity contribution in [3.63, 3.8) is 0 Å². The quantitative estimate of drug-likeness (QED) is 0.599. The minimum Gasteiger partial charge on any atom is -0.241 e. The van der Waals surface area contributed by atoms with E-state index < -0.39 is 0 Å². The highest BCUT2D eigenvalue weighted by Gasteiger charge is 2.15. The molecular weight excluding hydrogens is 337 g/mol. The summed E-state index contributed by atoms with van der Waals surface area (Å²) in [6.45, 7) is 0. The fourth-order valence-corrected chi connectivity index (χ4v) is 3.05. The molecule has 0 saturated carbocycles. The largest absolute Gasteiger partial charge is 0.241 e. The summed E-state index contributed by atoms with van der Waals surface area (Å²) in [4.78, 5) is 12.6. The predicted molar refractivity (Wildman–Crippen MR) is 83.6 cm³/mol. The molecule has 0 unspecified atom stereocenters. The summed E-state index contributed by atoms with van der Waals surface area (Å²) in [5, 5.41) is 2.98. The lowest BCUT2D eigenvalue weighted by Gasteiger charge is -2.08. The van der Waals surface area contributed by atoms with Gasteiger partial charge in [-0.3, -0.25) is 0 Å². The number of hydrogen-bond donors (Lipinski definition) is 0. The highest BCUT2D eigenvalue weighted by Crippen LogP contribution is 2.35. The third-order valence-electron chi connectivity index (χ3n) is 2.60. The van der Waals surface area contributed by atoms with E-state index >= 15 is 0 Å². The molecule has 100 valence electrons. The summed E-state index contributed by atoms with van der Waals surface area (Å²) in [6, 6.07) is 7.21. The van der Waals surface area contributed by atoms with E-state index in [0.717, 1.165) is 5.56 Å². The van der Waals surface area contributed by atoms with Crippen molar-refractivity contribution < 1.29 is 0 Å². The second-order valence-electron chi connectivity index (χ2n) is 3.89. The Hall–Kier alpha value is -1.20. The van der Waals surface area contributed by atoms with Crippen molar-refractivity contribution in [3.8, 4) is 22.6 Å². The van der Waals surface area contributed by atoms with E-state index in [1.807, 2.05) is 17.5 Å². The first-order chi connectivity index (χ1) is 9.65. The number of hydrogen-bond acceptors (Lipinski definition) is 4. The number of thiazole rings is 1. The summed E-state index contributed by atoms with van der Waals surface area (Å²) in [5.74, 6) is 0.409. The minimum atomic E-state index is 0.273. The van der Waals surface area contributed by atoms with E-state index in [1.54, 1.807) is 17.6 Å². The Bertz CT molecular complexity index is 736. The van der Waals surface area contributed by atoms with Crippen LogP contribution in [0.15, 0.2) is 35.2 Å². The van der Waals surface area contributed by atoms with Crippen molar-refractivity contribution in [1.29, 1.82) is 0 Å². The Morgan fingerprint density at radius 3 is 2.35 bits per heavy atom. The maximum Gasteiger partial charge on any atom is 0.181 e. The number of halogens is 3. The molecule has 0 fully saturated rings. The topological polar surface area (TPSA) is 38.7 Å². The fraction of sp³-hybridized carbons (Fsp3) is 0. The average Bonchev–Trinajstić information content (AvgIpc) is 2.91. The highest BCUT2D eigenvalue weighted by molar-refractivity contribution is 7.07. The van der Waals surface area contributed by atoms with Crippen molar-refractivity contribution in [1.82, 2.24) is 15.0 Å². The zero-order valence-electron chi connectivity index (χ0n) is 9.85. The molecule has 3 aromatic rings. The molecule has 0 aliphatic heterocycles. The average molecular weight is 343 g/mol. The lowest BCUT2D eigenvalue weighted by atomic mass is 10.1. The van der Waals surface area contributed by atoms with E-state index in [4.69, 9.17) is 34.8 Å². The van der Waals surface area contributed by atoms with Crippen molar-refractivity contribution in [3.05, 3.63) is 50.5 Å². The number of nitrogens with zero attached hydrogens (tertiary/aromatic N) is 3. The molecule has 0 radical (unpaired) electrons. The first-order valence-corrected chi connectivity index (χ1v) is 7.60. The van der Waals surface area contributed by atoms with E-state index in [2.05, 4.69) is 15.0 Å². The first-order valence-electron chi connectivity index (χ1n) is 5.52. The molecule has 0 aliphatic carbocycles. The van der Waals surface area contributed by atoms with Gasteiger partial charge in [0.15, 0.2) is 5.82 Å². The van der Waals surface area contributed by atoms with Gasteiger partial charge in [0.2, 0.25) is 0 Å². The smallest absolute Gasteiger partial charge is 0.181 e. The molecule has 0 saturated heterocycles. The van der Waals surface area contributed by atoms with Crippen molar-refractivity contribution >= 4 is 46.1 Å². The Morgan fingerprint density at radius 2 is 1.75 bits per heavy atom. The molecule has 0 bridgehead atoms. The van der Waals surface area contributed by atoms with Gasteiger partial charge in [0.25, 0.3) is 0 Å². The van der Waals surface area contributed by atoms with Crippen molar-refractivity contribution in [2.75, 3.05) is 0 Å². The Morgan fingerprint density at radius 1 is 1.00 bits per heavy atom. The highest BCUT2D eigenvalue weighted by atomic mass is 35.5. The van der Waals surface area contributed by atoms with Gasteiger partial charge in [-0.25, -0.2) is 15.0 Å². The summed E-state index contributed by atoms with van der Waals surface area (Å²) in [7, 11) is 0. The lowest BCUT2D eigenvalue weighted by Crippen LogP contribution is -1.94. The molecule has 2 heterocycles. The number of aromatic nitrogens is 3. The van der Waals surface area contributed by atoms with E-state index in [1.165, 1.54) is 11.3 Å². The van der Waals surface area contributed by atoms with Crippen LogP contribution in [-0.4, -0.2) is 15.0 Å². The molecule has 0 aliphatic rings. The molecule has 20 heavy (non-hydrogen) atoms. The van der Waals surface area contributed by atoms with Gasteiger partial charge in [0, 0.05) is 10.4 Å². The molecule has 3 nitrogen and oxygen atoms in total. The second-order valence-corrected chi connectivity index (χ2v) is 5.76. The third-order valence-corrected chi connectivity index (χ3v) is 3.96. The van der Waals surface area contributed by atoms with Crippen LogP contribution in [-0.2, 0) is 0 Å². The van der Waals surface area contributed by atoms with Gasteiger partial charge < -0.3 is 0 Å². The van der Waals surface area contributed by atoms with Crippen molar-refractivity contribution in [2.45, 2.75) is 0 Å². The van der Waals surface area contributed by atoms with Crippen LogP contribution in [0, 0.1) is 0 Å². The monoisotopic (exact) mass is 341 g/mol. The standard InChI is InChI=1S/C13H6Cl3N3S/c14-8-3-1-2-7(4-8)10-11(15)18-13(19-12(10)16)9-5-20-6-17-9/h1-6H. The summed E-state index contributed by atoms with van der Waals surface area (Å²) < 4.78 is 0. The Kier molecular flexibility index (Phi) is 3.89. The van der Waals surface area contributed by atoms with Gasteiger partial charge >= 0.3 is 0 Å². The zero-order chi connectivity index (χ0) is 14.1. The van der Waals surface area contributed by atoms with Gasteiger partial charge in [-0.1, -0.05) is 46.9 Å². The van der Waals surface area contributed by atoms with Gasteiger partial charge in [0.05, 0.1) is 11.1 Å². The van der Waals surface area contributed by atoms with Crippen LogP contribution in [0.1, 0.15) is 0 Å². The van der Waals surface area contributed by atoms with Gasteiger partial charge in [-0.15, -0.1) is 11.3 Å². The normalized spacial score (nSPS) is 10.8. The van der Waals surface area contributed by atoms with Gasteiger partial charge in [0.1, 0.15) is 16.0 Å². The molecule has 7 heteroatoms. The maximum atomic E-state index is 6.24. The first kappa shape index (κ1) is 13.8. The van der Waals surface area contributed by atoms with E-state index in [-0.39, 0.29) is 10.3 Å². The SMILES string of the molecule is Clc1cccc(-c2c(Cl)nc(-c3cscn3)nc2Cl)c1. The Balaban J connectivity index is 2.14. The molecule has 3 rings (SSSR count). The minimum absolute atomic E-state index is 0.273. The zero-order valence-corrected chi connectivity index (χ0v) is 12.9. The van der Waals surface area contributed by atoms with Crippen LogP contribution in [0.5, 0.6) is 0 Å². The van der Waals surface area contributed by atoms with Crippen LogP contribution in [0.2, 0.25) is 15.3 Å². The number of rotatable bonds is 2.